The van der Waals surface area contributed by atoms with Crippen LogP contribution in [0.4, 0.5) is 0 Å². The first-order valence-electron chi connectivity index (χ1n) is 2.45. The molecule has 0 saturated carbocycles. The third kappa shape index (κ3) is 1.28. The molecule has 2 N–H and O–H groups in total. The largest absolute Gasteiger partial charge is 0.459 e. The van der Waals surface area contributed by atoms with Gasteiger partial charge in [-0.1, -0.05) is 6.08 Å². The van der Waals surface area contributed by atoms with Gasteiger partial charge < -0.3 is 10.0 Å². The van der Waals surface area contributed by atoms with Crippen molar-refractivity contribution in [2.75, 3.05) is 5.75 Å². The zero-order chi connectivity index (χ0) is 5.98. The lowest BCUT2D eigenvalue weighted by molar-refractivity contribution is 0.399. The van der Waals surface area contributed by atoms with Crippen molar-refractivity contribution in [1.82, 2.24) is 0 Å². The summed E-state index contributed by atoms with van der Waals surface area (Å²) in [5, 5.41) is 19.0. The van der Waals surface area contributed by atoms with Crippen LogP contribution in [0.15, 0.2) is 11.5 Å². The smallest absolute Gasteiger partial charge is 0.427 e. The van der Waals surface area contributed by atoms with E-state index in [0.29, 0.717) is 0 Å². The highest BCUT2D eigenvalue weighted by Gasteiger charge is 2.22. The molecule has 1 unspecified atom stereocenters. The quantitative estimate of drug-likeness (QED) is 0.494. The minimum Gasteiger partial charge on any atom is -0.427 e. The second-order valence-electron chi connectivity index (χ2n) is 1.74. The molecule has 0 fully saturated rings. The van der Waals surface area contributed by atoms with Crippen LogP contribution in [-0.2, 0) is 0 Å². The van der Waals surface area contributed by atoms with E-state index in [0.717, 1.165) is 5.75 Å². The van der Waals surface area contributed by atoms with Crippen LogP contribution >= 0.6 is 11.8 Å². The second-order valence-corrected chi connectivity index (χ2v) is 2.68. The molecular formula is C4H7BO2S. The van der Waals surface area contributed by atoms with Crippen molar-refractivity contribution in [3.05, 3.63) is 11.5 Å². The molecule has 0 bridgehead atoms. The first kappa shape index (κ1) is 6.20. The van der Waals surface area contributed by atoms with E-state index < -0.39 is 7.12 Å². The second kappa shape index (κ2) is 2.57. The SMILES string of the molecule is OB(O)C1C=CSC1. The van der Waals surface area contributed by atoms with Crippen LogP contribution in [0, 0.1) is 0 Å². The van der Waals surface area contributed by atoms with Gasteiger partial charge in [-0.15, -0.1) is 11.8 Å². The molecule has 4 heteroatoms. The van der Waals surface area contributed by atoms with Crippen molar-refractivity contribution < 1.29 is 10.0 Å². The van der Waals surface area contributed by atoms with Crippen LogP contribution in [0.25, 0.3) is 0 Å². The maximum absolute atomic E-state index is 8.54. The van der Waals surface area contributed by atoms with Gasteiger partial charge in [-0.2, -0.15) is 0 Å². The summed E-state index contributed by atoms with van der Waals surface area (Å²) in [6.07, 6.45) is 1.81. The summed E-state index contributed by atoms with van der Waals surface area (Å²) in [5.74, 6) is 0.762. The number of hydrogen-bond donors (Lipinski definition) is 2. The number of rotatable bonds is 1. The van der Waals surface area contributed by atoms with Gasteiger partial charge in [-0.05, 0) is 5.41 Å². The summed E-state index contributed by atoms with van der Waals surface area (Å²) in [7, 11) is -1.17. The van der Waals surface area contributed by atoms with E-state index in [1.165, 1.54) is 0 Å². The molecule has 0 saturated heterocycles. The van der Waals surface area contributed by atoms with Crippen LogP contribution in [0.5, 0.6) is 0 Å². The van der Waals surface area contributed by atoms with Crippen molar-refractivity contribution in [3.63, 3.8) is 0 Å². The van der Waals surface area contributed by atoms with Crippen molar-refractivity contribution in [1.29, 1.82) is 0 Å². The number of thioether (sulfide) groups is 1. The molecule has 0 aromatic heterocycles. The molecule has 44 valence electrons. The third-order valence-electron chi connectivity index (χ3n) is 1.09. The molecule has 0 aliphatic carbocycles. The molecule has 1 rings (SSSR count). The Morgan fingerprint density at radius 3 is 2.62 bits per heavy atom. The zero-order valence-corrected chi connectivity index (χ0v) is 5.14. The van der Waals surface area contributed by atoms with Crippen LogP contribution < -0.4 is 0 Å². The highest BCUT2D eigenvalue weighted by atomic mass is 32.2. The topological polar surface area (TPSA) is 40.5 Å². The van der Waals surface area contributed by atoms with Gasteiger partial charge in [0.05, 0.1) is 0 Å². The fourth-order valence-electron chi connectivity index (χ4n) is 0.564. The third-order valence-corrected chi connectivity index (χ3v) is 2.02. The molecule has 0 aromatic carbocycles. The van der Waals surface area contributed by atoms with E-state index in [-0.39, 0.29) is 5.82 Å². The molecule has 0 spiro atoms. The molecular weight excluding hydrogens is 123 g/mol. The molecule has 1 atom stereocenters. The highest BCUT2D eigenvalue weighted by Crippen LogP contribution is 2.25. The minimum absolute atomic E-state index is 0.0417. The normalized spacial score (nSPS) is 26.5. The Kier molecular flexibility index (Phi) is 1.99. The van der Waals surface area contributed by atoms with Gasteiger partial charge in [0.25, 0.3) is 0 Å². The lowest BCUT2D eigenvalue weighted by Gasteiger charge is -2.01. The summed E-state index contributed by atoms with van der Waals surface area (Å²) in [4.78, 5) is 0. The van der Waals surface area contributed by atoms with Gasteiger partial charge in [-0.25, -0.2) is 0 Å². The molecule has 1 aliphatic heterocycles. The first-order valence-corrected chi connectivity index (χ1v) is 3.50. The Bertz CT molecular complexity index is 104. The van der Waals surface area contributed by atoms with Crippen LogP contribution in [-0.4, -0.2) is 22.9 Å². The highest BCUT2D eigenvalue weighted by molar-refractivity contribution is 8.02. The predicted octanol–water partition coefficient (Wildman–Crippen LogP) is 0.0899. The molecule has 1 aliphatic rings. The van der Waals surface area contributed by atoms with Crippen molar-refractivity contribution in [2.45, 2.75) is 5.82 Å². The number of hydrogen-bond acceptors (Lipinski definition) is 3. The van der Waals surface area contributed by atoms with Gasteiger partial charge in [0.2, 0.25) is 0 Å². The molecule has 0 aromatic rings. The van der Waals surface area contributed by atoms with Crippen molar-refractivity contribution >= 4 is 18.9 Å². The summed E-state index contributed by atoms with van der Waals surface area (Å²) in [5.41, 5.74) is 0. The zero-order valence-electron chi connectivity index (χ0n) is 4.32. The maximum atomic E-state index is 8.54. The lowest BCUT2D eigenvalue weighted by atomic mass is 9.74. The molecule has 0 amide bonds. The van der Waals surface area contributed by atoms with E-state index in [9.17, 15) is 0 Å². The van der Waals surface area contributed by atoms with Gasteiger partial charge >= 0.3 is 7.12 Å². The Balaban J connectivity index is 2.36. The molecule has 2 nitrogen and oxygen atoms in total. The van der Waals surface area contributed by atoms with Crippen LogP contribution in [0.1, 0.15) is 0 Å². The molecule has 8 heavy (non-hydrogen) atoms. The Hall–Kier alpha value is 0.0749. The Morgan fingerprint density at radius 2 is 2.38 bits per heavy atom. The van der Waals surface area contributed by atoms with Gasteiger partial charge in [0.15, 0.2) is 0 Å². The maximum Gasteiger partial charge on any atom is 0.459 e. The van der Waals surface area contributed by atoms with Gasteiger partial charge in [-0.3, -0.25) is 0 Å². The lowest BCUT2D eigenvalue weighted by Crippen LogP contribution is -2.18. The molecule has 0 radical (unpaired) electrons. The average Bonchev–Trinajstić information content (AvgIpc) is 2.12. The van der Waals surface area contributed by atoms with E-state index in [1.807, 2.05) is 11.5 Å². The van der Waals surface area contributed by atoms with Crippen LogP contribution in [0.2, 0.25) is 5.82 Å². The van der Waals surface area contributed by atoms with Crippen LogP contribution in [0.3, 0.4) is 0 Å². The van der Waals surface area contributed by atoms with E-state index in [1.54, 1.807) is 11.8 Å². The minimum atomic E-state index is -1.17. The summed E-state index contributed by atoms with van der Waals surface area (Å²) >= 11 is 1.61. The average molecular weight is 130 g/mol. The monoisotopic (exact) mass is 130 g/mol. The fourth-order valence-corrected chi connectivity index (χ4v) is 1.49. The van der Waals surface area contributed by atoms with E-state index >= 15 is 0 Å². The first-order chi connectivity index (χ1) is 3.80. The molecule has 1 heterocycles. The number of allylic oxidation sites excluding steroid dienone is 1. The summed E-state index contributed by atoms with van der Waals surface area (Å²) < 4.78 is 0. The van der Waals surface area contributed by atoms with Gasteiger partial charge in [0, 0.05) is 11.6 Å². The summed E-state index contributed by atoms with van der Waals surface area (Å²) in [6.45, 7) is 0. The Labute approximate surface area is 52.7 Å². The van der Waals surface area contributed by atoms with Crippen molar-refractivity contribution in [3.8, 4) is 0 Å². The van der Waals surface area contributed by atoms with Crippen molar-refractivity contribution in [2.24, 2.45) is 0 Å². The predicted molar refractivity (Wildman–Crippen MR) is 35.5 cm³/mol. The Morgan fingerprint density at radius 1 is 1.62 bits per heavy atom. The summed E-state index contributed by atoms with van der Waals surface area (Å²) in [6, 6.07) is 0. The fraction of sp³-hybridized carbons (Fsp3) is 0.500. The standard InChI is InChI=1S/C4H7BO2S/c6-5(7)4-1-2-8-3-4/h1-2,4,6-7H,3H2. The van der Waals surface area contributed by atoms with E-state index in [2.05, 4.69) is 0 Å². The van der Waals surface area contributed by atoms with E-state index in [4.69, 9.17) is 10.0 Å². The van der Waals surface area contributed by atoms with Gasteiger partial charge in [0.1, 0.15) is 0 Å².